The number of benzene rings is 1. The van der Waals surface area contributed by atoms with Crippen LogP contribution in [0.1, 0.15) is 12.5 Å². The van der Waals surface area contributed by atoms with Gasteiger partial charge < -0.3 is 14.8 Å². The monoisotopic (exact) mass is 306 g/mol. The first-order valence-corrected chi connectivity index (χ1v) is 7.05. The van der Waals surface area contributed by atoms with Gasteiger partial charge in [0.05, 0.1) is 0 Å². The molecule has 0 aromatic heterocycles. The topological polar surface area (TPSA) is 84.9 Å². The van der Waals surface area contributed by atoms with Crippen molar-refractivity contribution in [1.29, 1.82) is 0 Å². The van der Waals surface area contributed by atoms with Crippen molar-refractivity contribution in [2.45, 2.75) is 13.3 Å². The lowest BCUT2D eigenvalue weighted by Gasteiger charge is -2.12. The highest BCUT2D eigenvalue weighted by Crippen LogP contribution is 2.12. The standard InChI is InChI=1S/C15H18N2O5/c1-2-11-3-5-12(6-4-11)21-10-14(19)22-9-13(18)17-8-7-16-15(17)20/h3-6H,2,7-10H2,1H3,(H,16,20). The molecule has 0 saturated carbocycles. The van der Waals surface area contributed by atoms with E-state index in [9.17, 15) is 14.4 Å². The van der Waals surface area contributed by atoms with Crippen molar-refractivity contribution in [3.05, 3.63) is 29.8 Å². The minimum atomic E-state index is -0.660. The van der Waals surface area contributed by atoms with Gasteiger partial charge in [-0.2, -0.15) is 0 Å². The lowest BCUT2D eigenvalue weighted by molar-refractivity contribution is -0.152. The number of carbonyl (C=O) groups is 3. The van der Waals surface area contributed by atoms with Crippen LogP contribution in [0.2, 0.25) is 0 Å². The van der Waals surface area contributed by atoms with E-state index in [4.69, 9.17) is 9.47 Å². The van der Waals surface area contributed by atoms with E-state index in [0.29, 0.717) is 12.3 Å². The van der Waals surface area contributed by atoms with Gasteiger partial charge in [-0.15, -0.1) is 0 Å². The lowest BCUT2D eigenvalue weighted by Crippen LogP contribution is -2.37. The molecule has 0 aliphatic carbocycles. The third-order valence-corrected chi connectivity index (χ3v) is 3.20. The predicted molar refractivity (Wildman–Crippen MR) is 77.4 cm³/mol. The molecular formula is C15H18N2O5. The van der Waals surface area contributed by atoms with E-state index >= 15 is 0 Å². The van der Waals surface area contributed by atoms with Crippen molar-refractivity contribution < 1.29 is 23.9 Å². The molecule has 1 N–H and O–H groups in total. The van der Waals surface area contributed by atoms with E-state index < -0.39 is 24.5 Å². The Balaban J connectivity index is 1.71. The molecule has 1 aromatic carbocycles. The van der Waals surface area contributed by atoms with Crippen LogP contribution < -0.4 is 10.1 Å². The highest BCUT2D eigenvalue weighted by molar-refractivity contribution is 5.96. The average Bonchev–Trinajstić information content (AvgIpc) is 2.97. The van der Waals surface area contributed by atoms with Gasteiger partial charge in [-0.25, -0.2) is 9.59 Å². The molecule has 0 radical (unpaired) electrons. The quantitative estimate of drug-likeness (QED) is 0.783. The Labute approximate surface area is 128 Å². The van der Waals surface area contributed by atoms with Crippen LogP contribution in [0.5, 0.6) is 5.75 Å². The molecule has 118 valence electrons. The number of carbonyl (C=O) groups excluding carboxylic acids is 3. The number of aryl methyl sites for hydroxylation is 1. The molecule has 1 aromatic rings. The summed E-state index contributed by atoms with van der Waals surface area (Å²) in [5.74, 6) is -0.650. The normalized spacial score (nSPS) is 13.7. The van der Waals surface area contributed by atoms with Crippen molar-refractivity contribution in [1.82, 2.24) is 10.2 Å². The second-order valence-corrected chi connectivity index (χ2v) is 4.72. The molecule has 1 aliphatic heterocycles. The van der Waals surface area contributed by atoms with Crippen LogP contribution in [0.25, 0.3) is 0 Å². The highest BCUT2D eigenvalue weighted by Gasteiger charge is 2.26. The summed E-state index contributed by atoms with van der Waals surface area (Å²) in [6.45, 7) is 1.99. The zero-order valence-corrected chi connectivity index (χ0v) is 12.3. The van der Waals surface area contributed by atoms with Gasteiger partial charge in [-0.1, -0.05) is 19.1 Å². The number of nitrogens with zero attached hydrogens (tertiary/aromatic N) is 1. The molecule has 7 heteroatoms. The molecule has 0 unspecified atom stereocenters. The van der Waals surface area contributed by atoms with Gasteiger partial charge in [0.25, 0.3) is 5.91 Å². The molecule has 1 aliphatic rings. The number of hydrogen-bond acceptors (Lipinski definition) is 5. The summed E-state index contributed by atoms with van der Waals surface area (Å²) < 4.78 is 10.1. The Morgan fingerprint density at radius 1 is 1.23 bits per heavy atom. The first kappa shape index (κ1) is 15.8. The molecule has 1 heterocycles. The molecular weight excluding hydrogens is 288 g/mol. The van der Waals surface area contributed by atoms with Gasteiger partial charge in [0, 0.05) is 13.1 Å². The third-order valence-electron chi connectivity index (χ3n) is 3.20. The average molecular weight is 306 g/mol. The summed E-state index contributed by atoms with van der Waals surface area (Å²) in [6.07, 6.45) is 0.925. The third kappa shape index (κ3) is 4.21. The Morgan fingerprint density at radius 3 is 2.55 bits per heavy atom. The van der Waals surface area contributed by atoms with Crippen LogP contribution in [0, 0.1) is 0 Å². The van der Waals surface area contributed by atoms with E-state index in [-0.39, 0.29) is 13.2 Å². The molecule has 0 bridgehead atoms. The van der Waals surface area contributed by atoms with E-state index in [1.54, 1.807) is 12.1 Å². The first-order chi connectivity index (χ1) is 10.6. The van der Waals surface area contributed by atoms with Crippen molar-refractivity contribution in [2.24, 2.45) is 0 Å². The maximum absolute atomic E-state index is 11.7. The molecule has 22 heavy (non-hydrogen) atoms. The summed E-state index contributed by atoms with van der Waals surface area (Å²) >= 11 is 0. The highest BCUT2D eigenvalue weighted by atomic mass is 16.6. The number of rotatable bonds is 6. The van der Waals surface area contributed by atoms with Gasteiger partial charge in [-0.3, -0.25) is 9.69 Å². The molecule has 7 nitrogen and oxygen atoms in total. The number of esters is 1. The Bertz CT molecular complexity index is 556. The summed E-state index contributed by atoms with van der Waals surface area (Å²) in [6, 6.07) is 6.90. The van der Waals surface area contributed by atoms with Gasteiger partial charge in [-0.05, 0) is 24.1 Å². The molecule has 0 atom stereocenters. The van der Waals surface area contributed by atoms with E-state index in [1.807, 2.05) is 19.1 Å². The number of imide groups is 1. The van der Waals surface area contributed by atoms with Crippen LogP contribution in [0.3, 0.4) is 0 Å². The zero-order chi connectivity index (χ0) is 15.9. The van der Waals surface area contributed by atoms with E-state index in [0.717, 1.165) is 11.3 Å². The maximum atomic E-state index is 11.7. The van der Waals surface area contributed by atoms with E-state index in [2.05, 4.69) is 5.32 Å². The minimum Gasteiger partial charge on any atom is -0.482 e. The minimum absolute atomic E-state index is 0.287. The fraction of sp³-hybridized carbons (Fsp3) is 0.400. The fourth-order valence-corrected chi connectivity index (χ4v) is 1.94. The number of amides is 3. The van der Waals surface area contributed by atoms with Crippen molar-refractivity contribution in [3.8, 4) is 5.75 Å². The van der Waals surface area contributed by atoms with Gasteiger partial charge in [0.1, 0.15) is 5.75 Å². The number of hydrogen-bond donors (Lipinski definition) is 1. The summed E-state index contributed by atoms with van der Waals surface area (Å²) in [5, 5.41) is 2.50. The summed E-state index contributed by atoms with van der Waals surface area (Å²) in [5.41, 5.74) is 1.17. The number of urea groups is 1. The Hall–Kier alpha value is -2.57. The number of ether oxygens (including phenoxy) is 2. The SMILES string of the molecule is CCc1ccc(OCC(=O)OCC(=O)N2CCNC2=O)cc1. The van der Waals surface area contributed by atoms with Crippen LogP contribution >= 0.6 is 0 Å². The van der Waals surface area contributed by atoms with Crippen molar-refractivity contribution in [3.63, 3.8) is 0 Å². The van der Waals surface area contributed by atoms with Gasteiger partial charge in [0.15, 0.2) is 13.2 Å². The summed E-state index contributed by atoms with van der Waals surface area (Å²) in [4.78, 5) is 35.4. The molecule has 0 spiro atoms. The smallest absolute Gasteiger partial charge is 0.344 e. The number of nitrogens with one attached hydrogen (secondary N) is 1. The predicted octanol–water partition coefficient (Wildman–Crippen LogP) is 0.723. The largest absolute Gasteiger partial charge is 0.482 e. The fourth-order valence-electron chi connectivity index (χ4n) is 1.94. The Morgan fingerprint density at radius 2 is 1.95 bits per heavy atom. The zero-order valence-electron chi connectivity index (χ0n) is 12.3. The first-order valence-electron chi connectivity index (χ1n) is 7.05. The Kier molecular flexibility index (Phi) is 5.35. The van der Waals surface area contributed by atoms with Crippen molar-refractivity contribution >= 4 is 17.9 Å². The van der Waals surface area contributed by atoms with Crippen molar-refractivity contribution in [2.75, 3.05) is 26.3 Å². The van der Waals surface area contributed by atoms with Crippen LogP contribution in [-0.4, -0.2) is 49.1 Å². The summed E-state index contributed by atoms with van der Waals surface area (Å²) in [7, 11) is 0. The second kappa shape index (κ2) is 7.44. The lowest BCUT2D eigenvalue weighted by atomic mass is 10.2. The molecule has 1 fully saturated rings. The van der Waals surface area contributed by atoms with Crippen LogP contribution in [0.15, 0.2) is 24.3 Å². The van der Waals surface area contributed by atoms with Gasteiger partial charge in [0.2, 0.25) is 0 Å². The van der Waals surface area contributed by atoms with Crippen LogP contribution in [0.4, 0.5) is 4.79 Å². The molecule has 3 amide bonds. The molecule has 2 rings (SSSR count). The maximum Gasteiger partial charge on any atom is 0.344 e. The van der Waals surface area contributed by atoms with Gasteiger partial charge >= 0.3 is 12.0 Å². The molecule has 1 saturated heterocycles. The van der Waals surface area contributed by atoms with Crippen LogP contribution in [-0.2, 0) is 20.7 Å². The van der Waals surface area contributed by atoms with E-state index in [1.165, 1.54) is 5.56 Å². The second-order valence-electron chi connectivity index (χ2n) is 4.72.